The summed E-state index contributed by atoms with van der Waals surface area (Å²) in [6, 6.07) is 0.987. The largest absolute Gasteiger partial charge is 0.492 e. The monoisotopic (exact) mass is 408 g/mol. The van der Waals surface area contributed by atoms with E-state index in [9.17, 15) is 19.8 Å². The lowest BCUT2D eigenvalue weighted by atomic mass is 9.92. The first-order valence-electron chi connectivity index (χ1n) is 9.75. The van der Waals surface area contributed by atoms with Crippen LogP contribution >= 0.6 is 0 Å². The van der Waals surface area contributed by atoms with Gasteiger partial charge in [-0.1, -0.05) is 0 Å². The standard InChI is InChI=1S/C19H25FN4O5/c1-29-17-15-12(18(27)24(21)19(28)23(15)11-4-5-11)7-13(20)16(17)22-6-2-3-10(8-22)14(26)9-25/h7,10-11,14,25-26H,2-6,8-9,21H2,1H3. The number of anilines is 1. The molecular weight excluding hydrogens is 383 g/mol. The van der Waals surface area contributed by atoms with Gasteiger partial charge in [0.1, 0.15) is 11.2 Å². The summed E-state index contributed by atoms with van der Waals surface area (Å²) in [7, 11) is 1.37. The van der Waals surface area contributed by atoms with E-state index in [1.54, 1.807) is 4.90 Å². The Bertz CT molecular complexity index is 1060. The van der Waals surface area contributed by atoms with E-state index < -0.39 is 23.2 Å². The molecule has 0 radical (unpaired) electrons. The summed E-state index contributed by atoms with van der Waals surface area (Å²) in [5, 5.41) is 19.3. The van der Waals surface area contributed by atoms with Gasteiger partial charge in [-0.3, -0.25) is 9.36 Å². The fraction of sp³-hybridized carbons (Fsp3) is 0.579. The molecule has 2 aromatic rings. The zero-order valence-electron chi connectivity index (χ0n) is 16.2. The summed E-state index contributed by atoms with van der Waals surface area (Å²) in [5.74, 6) is 4.87. The molecule has 0 spiro atoms. The van der Waals surface area contributed by atoms with Crippen molar-refractivity contribution in [2.24, 2.45) is 5.92 Å². The van der Waals surface area contributed by atoms with Crippen molar-refractivity contribution in [3.05, 3.63) is 32.7 Å². The highest BCUT2D eigenvalue weighted by Gasteiger charge is 2.34. The van der Waals surface area contributed by atoms with Crippen molar-refractivity contribution in [1.29, 1.82) is 0 Å². The van der Waals surface area contributed by atoms with Crippen LogP contribution < -0.4 is 26.7 Å². The number of nitrogens with two attached hydrogens (primary N) is 1. The van der Waals surface area contributed by atoms with Gasteiger partial charge in [-0.2, -0.15) is 4.68 Å². The van der Waals surface area contributed by atoms with E-state index in [4.69, 9.17) is 10.6 Å². The maximum Gasteiger partial charge on any atom is 0.350 e. The zero-order valence-corrected chi connectivity index (χ0v) is 16.2. The van der Waals surface area contributed by atoms with Gasteiger partial charge in [0.05, 0.1) is 25.2 Å². The molecule has 4 N–H and O–H groups in total. The fourth-order valence-electron chi connectivity index (χ4n) is 4.27. The SMILES string of the molecule is COc1c(N2CCCC(C(O)CO)C2)c(F)cc2c(=O)n(N)c(=O)n(C3CC3)c12. The van der Waals surface area contributed by atoms with Gasteiger partial charge in [-0.15, -0.1) is 0 Å². The van der Waals surface area contributed by atoms with Crippen LogP contribution in [0.5, 0.6) is 5.75 Å². The Morgan fingerprint density at radius 3 is 2.69 bits per heavy atom. The normalized spacial score (nSPS) is 20.8. The van der Waals surface area contributed by atoms with Crippen LogP contribution in [-0.4, -0.2) is 52.4 Å². The van der Waals surface area contributed by atoms with E-state index in [0.29, 0.717) is 30.6 Å². The lowest BCUT2D eigenvalue weighted by Crippen LogP contribution is -2.45. The van der Waals surface area contributed by atoms with Gasteiger partial charge in [0.2, 0.25) is 0 Å². The number of halogens is 1. The van der Waals surface area contributed by atoms with Crippen LogP contribution in [0.4, 0.5) is 10.1 Å². The third-order valence-electron chi connectivity index (χ3n) is 5.91. The summed E-state index contributed by atoms with van der Waals surface area (Å²) >= 11 is 0. The van der Waals surface area contributed by atoms with Gasteiger partial charge in [-0.25, -0.2) is 9.18 Å². The second-order valence-electron chi connectivity index (χ2n) is 7.79. The summed E-state index contributed by atoms with van der Waals surface area (Å²) in [5.41, 5.74) is -1.04. The number of aliphatic hydroxyl groups is 2. The van der Waals surface area contributed by atoms with E-state index >= 15 is 4.39 Å². The van der Waals surface area contributed by atoms with Crippen LogP contribution in [0.1, 0.15) is 31.7 Å². The molecule has 1 saturated heterocycles. The van der Waals surface area contributed by atoms with Crippen LogP contribution in [0.2, 0.25) is 0 Å². The Labute approximate surface area is 165 Å². The minimum atomic E-state index is -0.901. The Morgan fingerprint density at radius 1 is 1.34 bits per heavy atom. The first-order valence-corrected chi connectivity index (χ1v) is 9.75. The zero-order chi connectivity index (χ0) is 20.9. The Kier molecular flexibility index (Phi) is 4.99. The number of nitrogen functional groups attached to an aromatic ring is 1. The Morgan fingerprint density at radius 2 is 2.07 bits per heavy atom. The molecule has 0 amide bonds. The van der Waals surface area contributed by atoms with Crippen molar-refractivity contribution in [1.82, 2.24) is 9.24 Å². The van der Waals surface area contributed by atoms with Gasteiger partial charge < -0.3 is 25.7 Å². The number of fused-ring (bicyclic) bond motifs is 1. The average molecular weight is 408 g/mol. The number of aliphatic hydroxyl groups excluding tert-OH is 2. The predicted molar refractivity (Wildman–Crippen MR) is 105 cm³/mol. The molecule has 1 saturated carbocycles. The second-order valence-corrected chi connectivity index (χ2v) is 7.79. The molecule has 10 heteroatoms. The molecule has 2 aliphatic rings. The second kappa shape index (κ2) is 7.34. The highest BCUT2D eigenvalue weighted by atomic mass is 19.1. The van der Waals surface area contributed by atoms with E-state index in [2.05, 4.69) is 0 Å². The molecule has 4 rings (SSSR count). The molecule has 1 aromatic heterocycles. The van der Waals surface area contributed by atoms with Crippen molar-refractivity contribution in [2.45, 2.75) is 37.8 Å². The molecule has 2 heterocycles. The van der Waals surface area contributed by atoms with Crippen molar-refractivity contribution >= 4 is 16.6 Å². The van der Waals surface area contributed by atoms with Gasteiger partial charge in [0.15, 0.2) is 11.6 Å². The van der Waals surface area contributed by atoms with Crippen LogP contribution in [0.15, 0.2) is 15.7 Å². The molecular formula is C19H25FN4O5. The quantitative estimate of drug-likeness (QED) is 0.592. The smallest absolute Gasteiger partial charge is 0.350 e. The van der Waals surface area contributed by atoms with Gasteiger partial charge in [-0.05, 0) is 31.7 Å². The molecule has 1 aliphatic carbocycles. The van der Waals surface area contributed by atoms with Crippen molar-refractivity contribution in [3.8, 4) is 5.75 Å². The van der Waals surface area contributed by atoms with Crippen LogP contribution in [-0.2, 0) is 0 Å². The highest BCUT2D eigenvalue weighted by Crippen LogP contribution is 2.43. The number of ether oxygens (including phenoxy) is 1. The first kappa shape index (κ1) is 19.7. The maximum absolute atomic E-state index is 15.2. The number of hydrogen-bond donors (Lipinski definition) is 3. The molecule has 1 aromatic carbocycles. The Balaban J connectivity index is 1.95. The molecule has 1 aliphatic heterocycles. The van der Waals surface area contributed by atoms with Crippen molar-refractivity contribution in [2.75, 3.05) is 37.5 Å². The van der Waals surface area contributed by atoms with E-state index in [0.717, 1.165) is 18.9 Å². The average Bonchev–Trinajstić information content (AvgIpc) is 3.56. The number of benzene rings is 1. The lowest BCUT2D eigenvalue weighted by Gasteiger charge is -2.37. The highest BCUT2D eigenvalue weighted by molar-refractivity contribution is 5.91. The van der Waals surface area contributed by atoms with Crippen LogP contribution in [0.25, 0.3) is 10.9 Å². The van der Waals surface area contributed by atoms with Gasteiger partial charge >= 0.3 is 5.69 Å². The van der Waals surface area contributed by atoms with Crippen LogP contribution in [0.3, 0.4) is 0 Å². The number of piperidine rings is 1. The minimum Gasteiger partial charge on any atom is -0.492 e. The Hall–Kier alpha value is -2.59. The molecule has 9 nitrogen and oxygen atoms in total. The first-order chi connectivity index (χ1) is 13.9. The molecule has 2 fully saturated rings. The number of nitrogens with zero attached hydrogens (tertiary/aromatic N) is 3. The topological polar surface area (TPSA) is 123 Å². The summed E-state index contributed by atoms with van der Waals surface area (Å²) < 4.78 is 22.7. The molecule has 158 valence electrons. The van der Waals surface area contributed by atoms with Crippen molar-refractivity contribution in [3.63, 3.8) is 0 Å². The van der Waals surface area contributed by atoms with Gasteiger partial charge in [0.25, 0.3) is 5.56 Å². The fourth-order valence-corrected chi connectivity index (χ4v) is 4.27. The summed E-state index contributed by atoms with van der Waals surface area (Å²) in [6.45, 7) is 0.476. The summed E-state index contributed by atoms with van der Waals surface area (Å²) in [4.78, 5) is 27.0. The number of rotatable bonds is 5. The maximum atomic E-state index is 15.2. The third-order valence-corrected chi connectivity index (χ3v) is 5.91. The van der Waals surface area contributed by atoms with E-state index in [-0.39, 0.29) is 40.9 Å². The van der Waals surface area contributed by atoms with E-state index in [1.165, 1.54) is 11.7 Å². The van der Waals surface area contributed by atoms with Crippen LogP contribution in [0, 0.1) is 11.7 Å². The van der Waals surface area contributed by atoms with Crippen molar-refractivity contribution < 1.29 is 19.3 Å². The number of aromatic nitrogens is 2. The summed E-state index contributed by atoms with van der Waals surface area (Å²) in [6.07, 6.45) is 2.03. The van der Waals surface area contributed by atoms with Gasteiger partial charge in [0, 0.05) is 25.0 Å². The molecule has 2 unspecified atom stereocenters. The third kappa shape index (κ3) is 3.16. The molecule has 29 heavy (non-hydrogen) atoms. The number of methoxy groups -OCH3 is 1. The van der Waals surface area contributed by atoms with E-state index in [1.807, 2.05) is 0 Å². The number of hydrogen-bond acceptors (Lipinski definition) is 7. The minimum absolute atomic E-state index is 0.0129. The lowest BCUT2D eigenvalue weighted by molar-refractivity contribution is 0.0413. The molecule has 2 atom stereocenters. The molecule has 0 bridgehead atoms. The predicted octanol–water partition coefficient (Wildman–Crippen LogP) is -0.0708.